The van der Waals surface area contributed by atoms with Crippen LogP contribution in [-0.4, -0.2) is 31.2 Å². The largest absolute Gasteiger partial charge is 0.497 e. The van der Waals surface area contributed by atoms with Gasteiger partial charge in [0.1, 0.15) is 17.6 Å². The minimum absolute atomic E-state index is 0.143. The number of hydrogen-bond acceptors (Lipinski definition) is 6. The van der Waals surface area contributed by atoms with Gasteiger partial charge in [0.2, 0.25) is 0 Å². The topological polar surface area (TPSA) is 88.8 Å². The molecule has 1 heterocycles. The highest BCUT2D eigenvalue weighted by molar-refractivity contribution is 6.10. The van der Waals surface area contributed by atoms with Gasteiger partial charge in [0.05, 0.1) is 7.11 Å². The van der Waals surface area contributed by atoms with Crippen molar-refractivity contribution >= 4 is 23.0 Å². The van der Waals surface area contributed by atoms with E-state index in [-0.39, 0.29) is 18.1 Å². The molecule has 0 saturated carbocycles. The molecular weight excluding hydrogens is 344 g/mol. The number of allylic oxidation sites excluding steroid dienone is 2. The Bertz CT molecular complexity index is 814. The first-order valence-corrected chi connectivity index (χ1v) is 8.69. The first-order chi connectivity index (χ1) is 13.1. The van der Waals surface area contributed by atoms with Gasteiger partial charge in [0, 0.05) is 25.0 Å². The fourth-order valence-electron chi connectivity index (χ4n) is 2.73. The van der Waals surface area contributed by atoms with Gasteiger partial charge in [-0.25, -0.2) is 9.79 Å². The minimum atomic E-state index is -0.629. The standard InChI is InChI=1S/C21H22N2O4/c1-3-4-5-17(24)9-8-16-14-19(15-6-10-18(26-2)11-7-15)20(23-16)21(25)27-13-12-22/h3,6-7,10-11H,1,4-5,8-9,13-14H2,2H3. The summed E-state index contributed by atoms with van der Waals surface area (Å²) in [6, 6.07) is 9.08. The maximum Gasteiger partial charge on any atom is 0.358 e. The zero-order valence-electron chi connectivity index (χ0n) is 15.4. The molecule has 0 spiro atoms. The molecule has 6 nitrogen and oxygen atoms in total. The number of methoxy groups -OCH3 is 1. The summed E-state index contributed by atoms with van der Waals surface area (Å²) in [5.74, 6) is 0.222. The van der Waals surface area contributed by atoms with Crippen LogP contribution in [0.15, 0.2) is 47.6 Å². The molecule has 0 aliphatic carbocycles. The molecule has 0 aromatic heterocycles. The summed E-state index contributed by atoms with van der Waals surface area (Å²) in [6.45, 7) is 3.28. The third-order valence-electron chi connectivity index (χ3n) is 4.16. The molecule has 0 fully saturated rings. The molecule has 1 aromatic carbocycles. The minimum Gasteiger partial charge on any atom is -0.497 e. The first-order valence-electron chi connectivity index (χ1n) is 8.69. The van der Waals surface area contributed by atoms with Crippen molar-refractivity contribution in [3.63, 3.8) is 0 Å². The first kappa shape index (κ1) is 20.1. The average molecular weight is 366 g/mol. The Morgan fingerprint density at radius 1 is 1.30 bits per heavy atom. The lowest BCUT2D eigenvalue weighted by atomic mass is 9.98. The Morgan fingerprint density at radius 3 is 2.67 bits per heavy atom. The predicted molar refractivity (Wildman–Crippen MR) is 102 cm³/mol. The van der Waals surface area contributed by atoms with E-state index in [1.807, 2.05) is 12.1 Å². The Balaban J connectivity index is 2.16. The van der Waals surface area contributed by atoms with Gasteiger partial charge in [-0.3, -0.25) is 4.79 Å². The molecule has 1 aromatic rings. The molecule has 6 heteroatoms. The van der Waals surface area contributed by atoms with Crippen LogP contribution >= 0.6 is 0 Å². The number of hydrogen-bond donors (Lipinski definition) is 0. The van der Waals surface area contributed by atoms with Crippen LogP contribution in [0.3, 0.4) is 0 Å². The quantitative estimate of drug-likeness (QED) is 0.466. The van der Waals surface area contributed by atoms with E-state index in [1.54, 1.807) is 31.4 Å². The highest BCUT2D eigenvalue weighted by Crippen LogP contribution is 2.32. The van der Waals surface area contributed by atoms with Crippen LogP contribution in [0, 0.1) is 11.3 Å². The van der Waals surface area contributed by atoms with Crippen molar-refractivity contribution in [2.75, 3.05) is 13.7 Å². The number of benzene rings is 1. The van der Waals surface area contributed by atoms with E-state index in [0.29, 0.717) is 37.9 Å². The summed E-state index contributed by atoms with van der Waals surface area (Å²) in [5.41, 5.74) is 2.52. The lowest BCUT2D eigenvalue weighted by molar-refractivity contribution is -0.137. The number of nitrogens with zero attached hydrogens (tertiary/aromatic N) is 2. The molecule has 0 atom stereocenters. The Kier molecular flexibility index (Phi) is 7.50. The molecular formula is C21H22N2O4. The van der Waals surface area contributed by atoms with Crippen LogP contribution in [0.5, 0.6) is 5.75 Å². The van der Waals surface area contributed by atoms with E-state index in [2.05, 4.69) is 11.6 Å². The summed E-state index contributed by atoms with van der Waals surface area (Å²) in [7, 11) is 1.58. The van der Waals surface area contributed by atoms with E-state index >= 15 is 0 Å². The highest BCUT2D eigenvalue weighted by atomic mass is 16.5. The normalized spacial score (nSPS) is 13.0. The number of carbonyl (C=O) groups excluding carboxylic acids is 2. The zero-order valence-corrected chi connectivity index (χ0v) is 15.4. The summed E-state index contributed by atoms with van der Waals surface area (Å²) in [4.78, 5) is 28.6. The van der Waals surface area contributed by atoms with Crippen LogP contribution in [0.2, 0.25) is 0 Å². The van der Waals surface area contributed by atoms with Crippen molar-refractivity contribution in [3.8, 4) is 11.8 Å². The van der Waals surface area contributed by atoms with Gasteiger partial charge >= 0.3 is 5.97 Å². The Labute approximate surface area is 158 Å². The maximum atomic E-state index is 12.3. The highest BCUT2D eigenvalue weighted by Gasteiger charge is 2.25. The van der Waals surface area contributed by atoms with Gasteiger partial charge in [0.25, 0.3) is 0 Å². The second-order valence-electron chi connectivity index (χ2n) is 6.01. The third kappa shape index (κ3) is 5.65. The van der Waals surface area contributed by atoms with Gasteiger partial charge in [-0.15, -0.1) is 6.58 Å². The summed E-state index contributed by atoms with van der Waals surface area (Å²) in [6.07, 6.45) is 4.18. The molecule has 0 amide bonds. The van der Waals surface area contributed by atoms with Crippen molar-refractivity contribution in [1.29, 1.82) is 5.26 Å². The fourth-order valence-corrected chi connectivity index (χ4v) is 2.73. The van der Waals surface area contributed by atoms with Crippen molar-refractivity contribution in [2.24, 2.45) is 4.99 Å². The lowest BCUT2D eigenvalue weighted by Gasteiger charge is -2.07. The molecule has 0 unspecified atom stereocenters. The second kappa shape index (κ2) is 10.1. The van der Waals surface area contributed by atoms with Crippen LogP contribution in [0.4, 0.5) is 0 Å². The van der Waals surface area contributed by atoms with E-state index in [9.17, 15) is 9.59 Å². The predicted octanol–water partition coefficient (Wildman–Crippen LogP) is 3.63. The van der Waals surface area contributed by atoms with Crippen LogP contribution in [-0.2, 0) is 14.3 Å². The molecule has 27 heavy (non-hydrogen) atoms. The average Bonchev–Trinajstić information content (AvgIpc) is 3.13. The number of esters is 1. The summed E-state index contributed by atoms with van der Waals surface area (Å²) < 4.78 is 10.1. The molecule has 0 bridgehead atoms. The number of ketones is 1. The van der Waals surface area contributed by atoms with Gasteiger partial charge in [-0.05, 0) is 36.1 Å². The van der Waals surface area contributed by atoms with Gasteiger partial charge in [0.15, 0.2) is 12.3 Å². The maximum absolute atomic E-state index is 12.3. The number of nitriles is 1. The van der Waals surface area contributed by atoms with E-state index in [4.69, 9.17) is 14.7 Å². The van der Waals surface area contributed by atoms with Crippen LogP contribution in [0.25, 0.3) is 5.57 Å². The molecule has 140 valence electrons. The fraction of sp³-hybridized carbons (Fsp3) is 0.333. The summed E-state index contributed by atoms with van der Waals surface area (Å²) >= 11 is 0. The van der Waals surface area contributed by atoms with Gasteiger partial charge < -0.3 is 9.47 Å². The van der Waals surface area contributed by atoms with Crippen molar-refractivity contribution in [3.05, 3.63) is 48.2 Å². The summed E-state index contributed by atoms with van der Waals surface area (Å²) in [5, 5.41) is 8.63. The third-order valence-corrected chi connectivity index (χ3v) is 4.16. The van der Waals surface area contributed by atoms with Crippen LogP contribution in [0.1, 0.15) is 37.7 Å². The van der Waals surface area contributed by atoms with Crippen molar-refractivity contribution in [2.45, 2.75) is 32.1 Å². The van der Waals surface area contributed by atoms with Crippen molar-refractivity contribution in [1.82, 2.24) is 0 Å². The second-order valence-corrected chi connectivity index (χ2v) is 6.01. The van der Waals surface area contributed by atoms with Crippen molar-refractivity contribution < 1.29 is 19.1 Å². The lowest BCUT2D eigenvalue weighted by Crippen LogP contribution is -2.07. The number of aliphatic imine (C=N–C) groups is 1. The Morgan fingerprint density at radius 2 is 2.04 bits per heavy atom. The number of ether oxygens (including phenoxy) is 2. The van der Waals surface area contributed by atoms with Crippen LogP contribution < -0.4 is 4.74 Å². The van der Waals surface area contributed by atoms with E-state index in [1.165, 1.54) is 0 Å². The molecule has 1 aliphatic rings. The number of carbonyl (C=O) groups is 2. The number of Topliss-reactive ketones (excluding diaryl/α,β-unsaturated/α-hetero) is 1. The molecule has 1 aliphatic heterocycles. The smallest absolute Gasteiger partial charge is 0.358 e. The monoisotopic (exact) mass is 366 g/mol. The zero-order chi connectivity index (χ0) is 19.6. The van der Waals surface area contributed by atoms with E-state index in [0.717, 1.165) is 16.8 Å². The van der Waals surface area contributed by atoms with Gasteiger partial charge in [-0.1, -0.05) is 18.2 Å². The Hall–Kier alpha value is -3.20. The SMILES string of the molecule is C=CCCC(=O)CCC1=NC(C(=O)OCC#N)=C(c2ccc(OC)cc2)C1. The number of rotatable bonds is 10. The van der Waals surface area contributed by atoms with Gasteiger partial charge in [-0.2, -0.15) is 5.26 Å². The molecule has 2 rings (SSSR count). The molecule has 0 radical (unpaired) electrons. The molecule has 0 saturated heterocycles. The molecule has 0 N–H and O–H groups in total. The van der Waals surface area contributed by atoms with E-state index < -0.39 is 5.97 Å².